The summed E-state index contributed by atoms with van der Waals surface area (Å²) in [5.74, 6) is -130. The van der Waals surface area contributed by atoms with Crippen LogP contribution in [-0.2, 0) is 24.7 Å². The van der Waals surface area contributed by atoms with Gasteiger partial charge in [0.05, 0.1) is 22.8 Å². The summed E-state index contributed by atoms with van der Waals surface area (Å²) in [6, 6.07) is 0. The molecule has 0 aromatic carbocycles. The topological polar surface area (TPSA) is 118 Å². The normalized spacial score (nSPS) is 16.5. The summed E-state index contributed by atoms with van der Waals surface area (Å²) in [4.78, 5) is 11.8. The molecule has 0 spiro atoms. The fourth-order valence-electron chi connectivity index (χ4n) is 4.10. The summed E-state index contributed by atoms with van der Waals surface area (Å²) >= 11 is 0. The lowest BCUT2D eigenvalue weighted by Gasteiger charge is -2.46. The Hall–Kier alpha value is -2.70. The maximum atomic E-state index is 14.2. The summed E-state index contributed by atoms with van der Waals surface area (Å²) < 4.78 is 451. The van der Waals surface area contributed by atoms with Crippen LogP contribution in [0.4, 0.5) is 127 Å². The van der Waals surface area contributed by atoms with E-state index in [1.165, 1.54) is 0 Å². The second-order valence-electron chi connectivity index (χ2n) is 12.9. The second kappa shape index (κ2) is 15.5. The third-order valence-corrected chi connectivity index (χ3v) is 10.3. The monoisotopic (exact) mass is 1020 g/mol. The van der Waals surface area contributed by atoms with Crippen LogP contribution in [0.3, 0.4) is 0 Å². The van der Waals surface area contributed by atoms with Crippen LogP contribution in [0.2, 0.25) is 0 Å². The van der Waals surface area contributed by atoms with Crippen LogP contribution in [-0.4, -0.2) is 133 Å². The molecule has 0 rings (SSSR count). The van der Waals surface area contributed by atoms with Crippen LogP contribution >= 0.6 is 0 Å². The fourth-order valence-corrected chi connectivity index (χ4v) is 6.35. The third-order valence-electron chi connectivity index (χ3n) is 7.54. The molecule has 0 aromatic heterocycles. The van der Waals surface area contributed by atoms with E-state index in [1.807, 2.05) is 0 Å². The van der Waals surface area contributed by atoms with Crippen molar-refractivity contribution in [1.82, 2.24) is 5.32 Å². The van der Waals surface area contributed by atoms with Crippen LogP contribution in [0.1, 0.15) is 26.7 Å². The number of amides is 1. The van der Waals surface area contributed by atoms with Gasteiger partial charge in [0.1, 0.15) is 0 Å². The molecule has 0 aliphatic heterocycles. The molecule has 0 saturated heterocycles. The Kier molecular flexibility index (Phi) is 14.8. The number of halogens is 29. The van der Waals surface area contributed by atoms with Gasteiger partial charge in [0, 0.05) is 12.8 Å². The Morgan fingerprint density at radius 1 is 0.426 bits per heavy atom. The summed E-state index contributed by atoms with van der Waals surface area (Å²) in [5, 5.41) is 1.67. The SMILES string of the molecule is CC(C)(CS(=O)(=O)O)NC(=O)CCS(=O)(=O)CCC(F)(F)C(F)(F)C(F)(F)C(F)(F)C(F)(F)C(F)(F)C(F)(F)C(F)(F)C(F)(F)C(F)(F)C(F)(F)C(F)(F)C(F)(F)C(F)(F)F. The maximum absolute atomic E-state index is 14.2. The van der Waals surface area contributed by atoms with Gasteiger partial charge < -0.3 is 5.32 Å². The maximum Gasteiger partial charge on any atom is 0.460 e. The minimum atomic E-state index is -10.1. The van der Waals surface area contributed by atoms with E-state index in [4.69, 9.17) is 4.55 Å². The lowest BCUT2D eigenvalue weighted by molar-refractivity contribution is -0.487. The van der Waals surface area contributed by atoms with Crippen molar-refractivity contribution < 1.29 is 154 Å². The van der Waals surface area contributed by atoms with Gasteiger partial charge in [-0.3, -0.25) is 9.35 Å². The number of sulfone groups is 1. The molecule has 0 unspecified atom stereocenters. The van der Waals surface area contributed by atoms with Crippen molar-refractivity contribution in [3.05, 3.63) is 0 Å². The number of hydrogen-bond donors (Lipinski definition) is 2. The van der Waals surface area contributed by atoms with Crippen LogP contribution < -0.4 is 5.32 Å². The number of hydrogen-bond acceptors (Lipinski definition) is 5. The zero-order valence-electron chi connectivity index (χ0n) is 28.3. The van der Waals surface area contributed by atoms with Gasteiger partial charge in [-0.25, -0.2) is 8.42 Å². The number of alkyl halides is 29. The Morgan fingerprint density at radius 3 is 0.918 bits per heavy atom. The highest BCUT2D eigenvalue weighted by molar-refractivity contribution is 7.91. The van der Waals surface area contributed by atoms with Crippen molar-refractivity contribution in [3.63, 3.8) is 0 Å². The molecule has 366 valence electrons. The fraction of sp³-hybridized carbons (Fsp3) is 0.957. The van der Waals surface area contributed by atoms with E-state index in [2.05, 4.69) is 0 Å². The van der Waals surface area contributed by atoms with Gasteiger partial charge in [0.2, 0.25) is 5.91 Å². The van der Waals surface area contributed by atoms with Crippen LogP contribution in [0.5, 0.6) is 0 Å². The van der Waals surface area contributed by atoms with Gasteiger partial charge in [0.15, 0.2) is 9.84 Å². The quantitative estimate of drug-likeness (QED) is 0.0878. The predicted molar refractivity (Wildman–Crippen MR) is 137 cm³/mol. The summed E-state index contributed by atoms with van der Waals surface area (Å²) in [6.45, 7) is 1.63. The summed E-state index contributed by atoms with van der Waals surface area (Å²) in [5.41, 5.74) is -2.00. The van der Waals surface area contributed by atoms with Gasteiger partial charge in [-0.2, -0.15) is 136 Å². The number of carbonyl (C=O) groups excluding carboxylic acids is 1. The van der Waals surface area contributed by atoms with Crippen LogP contribution in [0.15, 0.2) is 0 Å². The lowest BCUT2D eigenvalue weighted by Crippen LogP contribution is -2.79. The van der Waals surface area contributed by atoms with Crippen molar-refractivity contribution in [1.29, 1.82) is 0 Å². The molecule has 0 fully saturated rings. The molecule has 7 nitrogen and oxygen atoms in total. The van der Waals surface area contributed by atoms with Gasteiger partial charge in [-0.1, -0.05) is 0 Å². The van der Waals surface area contributed by atoms with E-state index >= 15 is 0 Å². The summed E-state index contributed by atoms with van der Waals surface area (Å²) in [7, 11) is -10.6. The Bertz CT molecular complexity index is 1840. The molecule has 1 amide bonds. The van der Waals surface area contributed by atoms with Crippen molar-refractivity contribution in [2.24, 2.45) is 0 Å². The molecule has 0 heterocycles. The average Bonchev–Trinajstić information content (AvgIpc) is 2.99. The molecule has 0 bridgehead atoms. The largest absolute Gasteiger partial charge is 0.460 e. The van der Waals surface area contributed by atoms with E-state index in [0.29, 0.717) is 0 Å². The van der Waals surface area contributed by atoms with Gasteiger partial charge in [-0.05, 0) is 13.8 Å². The Morgan fingerprint density at radius 2 is 0.672 bits per heavy atom. The minimum absolute atomic E-state index is 0.814. The van der Waals surface area contributed by atoms with E-state index in [0.717, 1.165) is 13.8 Å². The van der Waals surface area contributed by atoms with Gasteiger partial charge in [-0.15, -0.1) is 0 Å². The molecular formula is C23H18F29NO6S2. The van der Waals surface area contributed by atoms with Crippen LogP contribution in [0.25, 0.3) is 0 Å². The molecule has 0 aromatic rings. The van der Waals surface area contributed by atoms with E-state index in [9.17, 15) is 149 Å². The van der Waals surface area contributed by atoms with Crippen LogP contribution in [0, 0.1) is 0 Å². The van der Waals surface area contributed by atoms with Gasteiger partial charge >= 0.3 is 83.2 Å². The molecular weight excluding hydrogens is 1000 g/mol. The van der Waals surface area contributed by atoms with Crippen molar-refractivity contribution in [3.8, 4) is 0 Å². The van der Waals surface area contributed by atoms with Gasteiger partial charge in [0.25, 0.3) is 10.1 Å². The van der Waals surface area contributed by atoms with Crippen molar-refractivity contribution in [2.45, 2.75) is 115 Å². The first kappa shape index (κ1) is 58.3. The van der Waals surface area contributed by atoms with E-state index in [-0.39, 0.29) is 0 Å². The van der Waals surface area contributed by atoms with Crippen molar-refractivity contribution in [2.75, 3.05) is 17.3 Å². The highest BCUT2D eigenvalue weighted by Crippen LogP contribution is 2.69. The zero-order valence-corrected chi connectivity index (χ0v) is 29.9. The molecule has 0 aliphatic carbocycles. The molecule has 2 N–H and O–H groups in total. The first-order chi connectivity index (χ1) is 25.8. The van der Waals surface area contributed by atoms with E-state index < -0.39 is 145 Å². The highest BCUT2D eigenvalue weighted by Gasteiger charge is 3.00. The van der Waals surface area contributed by atoms with E-state index in [1.54, 1.807) is 5.32 Å². The first-order valence-electron chi connectivity index (χ1n) is 14.2. The Balaban J connectivity index is 7.03. The zero-order chi connectivity index (χ0) is 50.3. The Labute approximate surface area is 318 Å². The second-order valence-corrected chi connectivity index (χ2v) is 16.7. The lowest BCUT2D eigenvalue weighted by atomic mass is 9.83. The molecule has 0 atom stereocenters. The average molecular weight is 1020 g/mol. The number of rotatable bonds is 21. The summed E-state index contributed by atoms with van der Waals surface area (Å²) in [6.07, 6.45) is -13.5. The molecule has 38 heteroatoms. The number of nitrogens with one attached hydrogen (secondary N) is 1. The minimum Gasteiger partial charge on any atom is -0.350 e. The molecule has 61 heavy (non-hydrogen) atoms. The first-order valence-corrected chi connectivity index (χ1v) is 17.6. The standard InChI is InChI=1S/C23H18F29NO6S2/c1-9(2,7-61(57,58)59)53-8(54)3-5-60(55,56)6-4-10(24,25)11(26,27)12(28,29)13(30,31)14(32,33)15(34,35)16(36,37)17(38,39)18(40,41)19(42,43)20(44,45)21(46,47)22(48,49)23(50,51)52/h3-7H2,1-2H3,(H,53,54)(H,57,58,59). The molecule has 0 radical (unpaired) electrons. The predicted octanol–water partition coefficient (Wildman–Crippen LogP) is 8.79. The number of carbonyl (C=O) groups is 1. The molecule has 0 aliphatic rings. The third kappa shape index (κ3) is 9.16. The molecule has 0 saturated carbocycles. The smallest absolute Gasteiger partial charge is 0.350 e. The highest BCUT2D eigenvalue weighted by atomic mass is 32.2. The van der Waals surface area contributed by atoms with Crippen molar-refractivity contribution >= 4 is 25.9 Å².